The first-order valence-corrected chi connectivity index (χ1v) is 11.9. The first-order valence-electron chi connectivity index (χ1n) is 11.9. The molecule has 1 unspecified atom stereocenters. The number of likely N-dealkylation sites (tertiary alicyclic amines) is 2. The molecule has 207 valence electrons. The average Bonchev–Trinajstić information content (AvgIpc) is 3.05. The number of benzene rings is 1. The Labute approximate surface area is 239 Å². The van der Waals surface area contributed by atoms with E-state index in [4.69, 9.17) is 0 Å². The molecule has 2 aliphatic heterocycles. The summed E-state index contributed by atoms with van der Waals surface area (Å²) in [6.45, 7) is 4.90. The van der Waals surface area contributed by atoms with E-state index in [2.05, 4.69) is 4.98 Å². The Bertz CT molecular complexity index is 1200. The van der Waals surface area contributed by atoms with E-state index < -0.39 is 34.5 Å². The zero-order valence-electron chi connectivity index (χ0n) is 21.5. The maximum atomic E-state index is 12.9. The Hall–Kier alpha value is -3.02. The second-order valence-electron chi connectivity index (χ2n) is 9.58. The van der Waals surface area contributed by atoms with Crippen molar-refractivity contribution in [2.75, 3.05) is 20.1 Å². The summed E-state index contributed by atoms with van der Waals surface area (Å²) in [5.74, 6) is -1.72. The second-order valence-corrected chi connectivity index (χ2v) is 9.58. The average molecular weight is 626 g/mol. The molecule has 3 amide bonds. The van der Waals surface area contributed by atoms with Crippen molar-refractivity contribution in [2.24, 2.45) is 11.3 Å². The Kier molecular flexibility index (Phi) is 10.6. The molecule has 1 aromatic carbocycles. The number of imide groups is 1. The summed E-state index contributed by atoms with van der Waals surface area (Å²) in [5, 5.41) is 0. The zero-order chi connectivity index (χ0) is 28.3. The SMILES string of the molecule is CC(C)[CH-]C(=O)N1CCC2(CC1)C(=O)N(C)C(=O)C2c1ccccn1.O=[C-]c1cc(C(F)(F)F)ccc1F.[Nb+2]. The molecule has 1 aromatic heterocycles. The molecule has 1 spiro atoms. The van der Waals surface area contributed by atoms with E-state index in [-0.39, 0.29) is 46.0 Å². The molecule has 3 heterocycles. The minimum absolute atomic E-state index is 0. The molecule has 39 heavy (non-hydrogen) atoms. The molecule has 2 aliphatic rings. The van der Waals surface area contributed by atoms with Gasteiger partial charge in [0.2, 0.25) is 11.8 Å². The molecule has 0 N–H and O–H groups in total. The van der Waals surface area contributed by atoms with E-state index in [1.165, 1.54) is 4.90 Å². The van der Waals surface area contributed by atoms with Crippen LogP contribution in [-0.2, 0) is 47.7 Å². The molecule has 1 atom stereocenters. The van der Waals surface area contributed by atoms with Crippen LogP contribution in [0.15, 0.2) is 42.6 Å². The van der Waals surface area contributed by atoms with Crippen molar-refractivity contribution in [2.45, 2.75) is 38.8 Å². The van der Waals surface area contributed by atoms with Crippen LogP contribution in [0.4, 0.5) is 17.6 Å². The van der Waals surface area contributed by atoms with Gasteiger partial charge in [-0.3, -0.25) is 23.9 Å². The molecular weight excluding hydrogens is 599 g/mol. The molecule has 0 bridgehead atoms. The number of nitrogens with zero attached hydrogens (tertiary/aromatic N) is 3. The molecule has 7 nitrogen and oxygen atoms in total. The van der Waals surface area contributed by atoms with Crippen LogP contribution >= 0.6 is 0 Å². The third kappa shape index (κ3) is 6.95. The minimum atomic E-state index is -4.57. The van der Waals surface area contributed by atoms with Gasteiger partial charge in [0, 0.05) is 32.2 Å². The van der Waals surface area contributed by atoms with Crippen molar-refractivity contribution in [3.05, 3.63) is 71.7 Å². The number of pyridine rings is 1. The van der Waals surface area contributed by atoms with E-state index in [9.17, 15) is 36.7 Å². The predicted octanol–water partition coefficient (Wildman–Crippen LogP) is 3.93. The molecule has 1 radical (unpaired) electrons. The van der Waals surface area contributed by atoms with Crippen LogP contribution in [-0.4, -0.2) is 58.9 Å². The van der Waals surface area contributed by atoms with Gasteiger partial charge in [-0.2, -0.15) is 19.1 Å². The number of halogens is 4. The van der Waals surface area contributed by atoms with Gasteiger partial charge in [0.25, 0.3) is 0 Å². The third-order valence-electron chi connectivity index (χ3n) is 6.69. The van der Waals surface area contributed by atoms with Crippen LogP contribution in [0.1, 0.15) is 49.4 Å². The molecule has 12 heteroatoms. The number of piperidine rings is 1. The van der Waals surface area contributed by atoms with Gasteiger partial charge in [0.1, 0.15) is 0 Å². The second kappa shape index (κ2) is 12.9. The number of amides is 3. The van der Waals surface area contributed by atoms with Crippen molar-refractivity contribution in [3.63, 3.8) is 0 Å². The van der Waals surface area contributed by atoms with Gasteiger partial charge in [-0.05, 0) is 30.5 Å². The number of hydrogen-bond acceptors (Lipinski definition) is 5. The van der Waals surface area contributed by atoms with Gasteiger partial charge in [-0.25, -0.2) is 0 Å². The molecular formula is C27H27F4N3NbO4. The number of carbonyl (C=O) groups excluding carboxylic acids is 4. The van der Waals surface area contributed by atoms with Crippen molar-refractivity contribution in [1.29, 1.82) is 0 Å². The Morgan fingerprint density at radius 3 is 2.31 bits per heavy atom. The van der Waals surface area contributed by atoms with Crippen LogP contribution in [0.25, 0.3) is 0 Å². The smallest absolute Gasteiger partial charge is 0.376 e. The van der Waals surface area contributed by atoms with E-state index in [1.54, 1.807) is 36.7 Å². The number of alkyl halides is 3. The number of hydrogen-bond donors (Lipinski definition) is 0. The minimum Gasteiger partial charge on any atom is -0.376 e. The summed E-state index contributed by atoms with van der Waals surface area (Å²) >= 11 is 0. The van der Waals surface area contributed by atoms with Gasteiger partial charge >= 0.3 is 28.6 Å². The maximum absolute atomic E-state index is 12.9. The number of aromatic nitrogens is 1. The first-order chi connectivity index (χ1) is 17.8. The molecule has 0 aliphatic carbocycles. The van der Waals surface area contributed by atoms with E-state index in [0.29, 0.717) is 49.8 Å². The first kappa shape index (κ1) is 32.2. The van der Waals surface area contributed by atoms with Crippen molar-refractivity contribution < 1.29 is 59.1 Å². The van der Waals surface area contributed by atoms with Crippen LogP contribution < -0.4 is 0 Å². The maximum Gasteiger partial charge on any atom is 2.00 e. The largest absolute Gasteiger partial charge is 2.00 e. The topological polar surface area (TPSA) is 87.7 Å². The quantitative estimate of drug-likeness (QED) is 0.222. The van der Waals surface area contributed by atoms with Gasteiger partial charge in [0.05, 0.1) is 29.2 Å². The summed E-state index contributed by atoms with van der Waals surface area (Å²) in [5.41, 5.74) is -1.92. The Morgan fingerprint density at radius 2 is 1.79 bits per heavy atom. The number of likely N-dealkylation sites (N-methyl/N-ethyl adjacent to an activating group) is 1. The zero-order valence-corrected chi connectivity index (χ0v) is 23.7. The van der Waals surface area contributed by atoms with Crippen LogP contribution in [0.3, 0.4) is 0 Å². The molecule has 2 fully saturated rings. The van der Waals surface area contributed by atoms with Gasteiger partial charge in [0.15, 0.2) is 0 Å². The van der Waals surface area contributed by atoms with Gasteiger partial charge in [-0.1, -0.05) is 32.0 Å². The summed E-state index contributed by atoms with van der Waals surface area (Å²) in [6.07, 6.45) is 0.831. The van der Waals surface area contributed by atoms with Crippen LogP contribution in [0.5, 0.6) is 0 Å². The number of rotatable bonds is 4. The number of carbonyl (C=O) groups is 3. The fraction of sp³-hybridized carbons (Fsp3) is 0.407. The summed E-state index contributed by atoms with van der Waals surface area (Å²) < 4.78 is 48.5. The fourth-order valence-corrected chi connectivity index (χ4v) is 4.74. The van der Waals surface area contributed by atoms with Crippen LogP contribution in [0.2, 0.25) is 0 Å². The van der Waals surface area contributed by atoms with E-state index in [0.717, 1.165) is 6.29 Å². The van der Waals surface area contributed by atoms with Crippen molar-refractivity contribution >= 4 is 24.0 Å². The molecule has 4 rings (SSSR count). The fourth-order valence-electron chi connectivity index (χ4n) is 4.74. The summed E-state index contributed by atoms with van der Waals surface area (Å²) in [7, 11) is 1.54. The standard InChI is InChI=1S/C19H24N3O3.C8H3F4O.Nb/c1-13(2)12-15(23)22-10-7-19(8-11-22)16(14-6-4-5-9-20-14)17(24)21(3)18(19)25;9-7-2-1-6(8(10,11)12)3-5(7)4-13;/h4-6,9,12-13,16H,7-8,10-11H2,1-3H3;1-3H;/q2*-1;+2. The Balaban J connectivity index is 0.000000324. The monoisotopic (exact) mass is 626 g/mol. The Morgan fingerprint density at radius 1 is 1.15 bits per heavy atom. The predicted molar refractivity (Wildman–Crippen MR) is 128 cm³/mol. The molecule has 2 aromatic rings. The van der Waals surface area contributed by atoms with E-state index >= 15 is 0 Å². The van der Waals surface area contributed by atoms with Crippen molar-refractivity contribution in [1.82, 2.24) is 14.8 Å². The van der Waals surface area contributed by atoms with E-state index in [1.807, 2.05) is 19.9 Å². The van der Waals surface area contributed by atoms with Crippen LogP contribution in [0, 0.1) is 23.6 Å². The summed E-state index contributed by atoms with van der Waals surface area (Å²) in [4.78, 5) is 55.2. The summed E-state index contributed by atoms with van der Waals surface area (Å²) in [6, 6.07) is 7.01. The van der Waals surface area contributed by atoms with Gasteiger partial charge in [-0.15, -0.1) is 11.6 Å². The van der Waals surface area contributed by atoms with Crippen molar-refractivity contribution in [3.8, 4) is 0 Å². The normalized spacial score (nSPS) is 18.4. The third-order valence-corrected chi connectivity index (χ3v) is 6.69. The molecule has 2 saturated heterocycles. The van der Waals surface area contributed by atoms with Gasteiger partial charge < -0.3 is 20.9 Å². The molecule has 0 saturated carbocycles.